The first-order valence-electron chi connectivity index (χ1n) is 3.24. The summed E-state index contributed by atoms with van der Waals surface area (Å²) in [7, 11) is 2.14. The number of nitrogens with zero attached hydrogens (tertiary/aromatic N) is 1. The van der Waals surface area contributed by atoms with Crippen molar-refractivity contribution < 1.29 is 0 Å². The van der Waals surface area contributed by atoms with E-state index in [0.717, 1.165) is 0 Å². The molecule has 8 heavy (non-hydrogen) atoms. The summed E-state index contributed by atoms with van der Waals surface area (Å²) in [6.45, 7) is 3.44. The molecule has 0 aromatic carbocycles. The molecule has 0 aromatic rings. The van der Waals surface area contributed by atoms with E-state index < -0.39 is 0 Å². The summed E-state index contributed by atoms with van der Waals surface area (Å²) < 4.78 is 0. The molecular weight excluding hydrogens is 98.1 g/mol. The zero-order valence-corrected chi connectivity index (χ0v) is 5.65. The van der Waals surface area contributed by atoms with Gasteiger partial charge in [0.2, 0.25) is 0 Å². The summed E-state index contributed by atoms with van der Waals surface area (Å²) in [4.78, 5) is 2.30. The molecule has 0 atom stereocenters. The Morgan fingerprint density at radius 2 is 2.50 bits per heavy atom. The van der Waals surface area contributed by atoms with Gasteiger partial charge in [-0.25, -0.2) is 0 Å². The molecule has 0 radical (unpaired) electrons. The minimum absolute atomic E-state index is 1.18. The van der Waals surface area contributed by atoms with Crippen molar-refractivity contribution in [2.75, 3.05) is 13.6 Å². The Kier molecular flexibility index (Phi) is 1.56. The molecule has 46 valence electrons. The van der Waals surface area contributed by atoms with Crippen LogP contribution in [0.4, 0.5) is 0 Å². The summed E-state index contributed by atoms with van der Waals surface area (Å²) in [5.74, 6) is 0. The van der Waals surface area contributed by atoms with Crippen LogP contribution in [0.1, 0.15) is 19.8 Å². The van der Waals surface area contributed by atoms with Crippen LogP contribution in [-0.2, 0) is 0 Å². The molecule has 0 spiro atoms. The van der Waals surface area contributed by atoms with Gasteiger partial charge in [0.25, 0.3) is 0 Å². The van der Waals surface area contributed by atoms with Gasteiger partial charge in [-0.1, -0.05) is 13.0 Å². The Morgan fingerprint density at radius 1 is 1.75 bits per heavy atom. The standard InChI is InChI=1S/C7H13N/c1-3-4-7-5-6-8(7)2/h4H,3,5-6H2,1-2H3/b7-4+. The Labute approximate surface area is 51.0 Å². The van der Waals surface area contributed by atoms with Crippen LogP contribution in [0.5, 0.6) is 0 Å². The summed E-state index contributed by atoms with van der Waals surface area (Å²) >= 11 is 0. The van der Waals surface area contributed by atoms with Gasteiger partial charge >= 0.3 is 0 Å². The largest absolute Gasteiger partial charge is 0.378 e. The molecule has 1 saturated heterocycles. The first-order valence-corrected chi connectivity index (χ1v) is 3.24. The molecule has 1 aliphatic rings. The van der Waals surface area contributed by atoms with Gasteiger partial charge in [0.15, 0.2) is 0 Å². The number of allylic oxidation sites excluding steroid dienone is 1. The lowest BCUT2D eigenvalue weighted by Gasteiger charge is -2.32. The average molecular weight is 111 g/mol. The van der Waals surface area contributed by atoms with Crippen molar-refractivity contribution >= 4 is 0 Å². The molecule has 1 heteroatoms. The summed E-state index contributed by atoms with van der Waals surface area (Å²) in [6, 6.07) is 0. The van der Waals surface area contributed by atoms with E-state index in [-0.39, 0.29) is 0 Å². The second-order valence-electron chi connectivity index (χ2n) is 2.28. The van der Waals surface area contributed by atoms with E-state index in [9.17, 15) is 0 Å². The summed E-state index contributed by atoms with van der Waals surface area (Å²) in [5, 5.41) is 0. The highest BCUT2D eigenvalue weighted by molar-refractivity contribution is 5.07. The number of likely N-dealkylation sites (tertiary alicyclic amines) is 1. The highest BCUT2D eigenvalue weighted by Crippen LogP contribution is 2.18. The fourth-order valence-electron chi connectivity index (χ4n) is 0.958. The molecule has 0 aliphatic carbocycles. The lowest BCUT2D eigenvalue weighted by molar-refractivity contribution is 0.311. The Hall–Kier alpha value is -0.460. The molecule has 0 unspecified atom stereocenters. The van der Waals surface area contributed by atoms with Gasteiger partial charge in [0, 0.05) is 25.7 Å². The monoisotopic (exact) mass is 111 g/mol. The smallest absolute Gasteiger partial charge is 0.0226 e. The Morgan fingerprint density at radius 3 is 2.62 bits per heavy atom. The third kappa shape index (κ3) is 0.857. The maximum absolute atomic E-state index is 2.30. The quantitative estimate of drug-likeness (QED) is 0.497. The SMILES string of the molecule is CC/C=C1\CCN1C. The van der Waals surface area contributed by atoms with E-state index in [1.165, 1.54) is 25.1 Å². The maximum atomic E-state index is 2.30. The van der Waals surface area contributed by atoms with Crippen LogP contribution in [0, 0.1) is 0 Å². The molecule has 0 bridgehead atoms. The van der Waals surface area contributed by atoms with E-state index in [0.29, 0.717) is 0 Å². The minimum Gasteiger partial charge on any atom is -0.378 e. The predicted octanol–water partition coefficient (Wildman–Crippen LogP) is 1.62. The highest BCUT2D eigenvalue weighted by atomic mass is 15.2. The molecular formula is C7H13N. The van der Waals surface area contributed by atoms with Crippen molar-refractivity contribution in [3.8, 4) is 0 Å². The zero-order valence-electron chi connectivity index (χ0n) is 5.65. The molecule has 0 amide bonds. The van der Waals surface area contributed by atoms with Gasteiger partial charge in [-0.3, -0.25) is 0 Å². The summed E-state index contributed by atoms with van der Waals surface area (Å²) in [5.41, 5.74) is 1.52. The predicted molar refractivity (Wildman–Crippen MR) is 35.6 cm³/mol. The van der Waals surface area contributed by atoms with E-state index in [1.54, 1.807) is 0 Å². The van der Waals surface area contributed by atoms with Gasteiger partial charge in [0.1, 0.15) is 0 Å². The molecule has 0 saturated carbocycles. The topological polar surface area (TPSA) is 3.24 Å². The number of hydrogen-bond donors (Lipinski definition) is 0. The molecule has 1 rings (SSSR count). The van der Waals surface area contributed by atoms with Crippen LogP contribution in [0.25, 0.3) is 0 Å². The van der Waals surface area contributed by atoms with Crippen molar-refractivity contribution in [2.24, 2.45) is 0 Å². The van der Waals surface area contributed by atoms with E-state index in [4.69, 9.17) is 0 Å². The highest BCUT2D eigenvalue weighted by Gasteiger charge is 2.12. The van der Waals surface area contributed by atoms with Crippen molar-refractivity contribution in [3.05, 3.63) is 11.8 Å². The number of rotatable bonds is 1. The van der Waals surface area contributed by atoms with Gasteiger partial charge in [-0.15, -0.1) is 0 Å². The molecule has 1 nitrogen and oxygen atoms in total. The van der Waals surface area contributed by atoms with Crippen LogP contribution < -0.4 is 0 Å². The fraction of sp³-hybridized carbons (Fsp3) is 0.714. The lowest BCUT2D eigenvalue weighted by atomic mass is 10.1. The summed E-state index contributed by atoms with van der Waals surface area (Å²) in [6.07, 6.45) is 4.77. The maximum Gasteiger partial charge on any atom is 0.0226 e. The molecule has 1 heterocycles. The van der Waals surface area contributed by atoms with Crippen LogP contribution in [-0.4, -0.2) is 18.5 Å². The third-order valence-corrected chi connectivity index (χ3v) is 1.63. The Bertz CT molecular complexity index is 105. The van der Waals surface area contributed by atoms with Crippen molar-refractivity contribution in [1.29, 1.82) is 0 Å². The molecule has 0 N–H and O–H groups in total. The molecule has 0 aromatic heterocycles. The second-order valence-corrected chi connectivity index (χ2v) is 2.28. The van der Waals surface area contributed by atoms with Gasteiger partial charge in [-0.2, -0.15) is 0 Å². The fourth-order valence-corrected chi connectivity index (χ4v) is 0.958. The molecule has 1 fully saturated rings. The normalized spacial score (nSPS) is 23.8. The first-order chi connectivity index (χ1) is 3.84. The number of hydrogen-bond acceptors (Lipinski definition) is 1. The van der Waals surface area contributed by atoms with Crippen LogP contribution in [0.15, 0.2) is 11.8 Å². The van der Waals surface area contributed by atoms with Crippen molar-refractivity contribution in [2.45, 2.75) is 19.8 Å². The van der Waals surface area contributed by atoms with Gasteiger partial charge in [-0.05, 0) is 6.42 Å². The van der Waals surface area contributed by atoms with Gasteiger partial charge in [0.05, 0.1) is 0 Å². The van der Waals surface area contributed by atoms with E-state index in [1.807, 2.05) is 0 Å². The third-order valence-electron chi connectivity index (χ3n) is 1.63. The molecule has 1 aliphatic heterocycles. The minimum atomic E-state index is 1.18. The lowest BCUT2D eigenvalue weighted by Crippen LogP contribution is -2.30. The average Bonchev–Trinajstić information content (AvgIpc) is 1.79. The van der Waals surface area contributed by atoms with Crippen molar-refractivity contribution in [1.82, 2.24) is 4.90 Å². The van der Waals surface area contributed by atoms with Gasteiger partial charge < -0.3 is 4.90 Å². The second kappa shape index (κ2) is 2.21. The zero-order chi connectivity index (χ0) is 5.98. The van der Waals surface area contributed by atoms with Crippen LogP contribution in [0.3, 0.4) is 0 Å². The first kappa shape index (κ1) is 5.67. The van der Waals surface area contributed by atoms with E-state index >= 15 is 0 Å². The van der Waals surface area contributed by atoms with Crippen LogP contribution >= 0.6 is 0 Å². The Balaban J connectivity index is 2.36. The van der Waals surface area contributed by atoms with E-state index in [2.05, 4.69) is 24.9 Å². The van der Waals surface area contributed by atoms with Crippen molar-refractivity contribution in [3.63, 3.8) is 0 Å². The van der Waals surface area contributed by atoms with Crippen LogP contribution in [0.2, 0.25) is 0 Å².